The lowest BCUT2D eigenvalue weighted by atomic mass is 10.2. The first-order chi connectivity index (χ1) is 9.15. The molecule has 2 heterocycles. The van der Waals surface area contributed by atoms with Gasteiger partial charge in [-0.2, -0.15) is 0 Å². The fourth-order valence-electron chi connectivity index (χ4n) is 2.29. The van der Waals surface area contributed by atoms with Crippen LogP contribution >= 0.6 is 23.1 Å². The van der Waals surface area contributed by atoms with Crippen LogP contribution in [-0.2, 0) is 17.6 Å². The number of nitrogens with zero attached hydrogens (tertiary/aromatic N) is 1. The van der Waals surface area contributed by atoms with Crippen LogP contribution in [0.3, 0.4) is 0 Å². The molecule has 3 rings (SSSR count). The van der Waals surface area contributed by atoms with Gasteiger partial charge in [-0.1, -0.05) is 11.8 Å². The standard InChI is InChI=1S/C12H12N2O3S2/c15-8(16)4-5-18-12-13-10(17)9-6-2-1-3-7(6)19-11(9)14-12/h1-5H2,(H,15,16)(H,13,14,17). The van der Waals surface area contributed by atoms with Crippen molar-refractivity contribution in [1.29, 1.82) is 0 Å². The normalized spacial score (nSPS) is 13.9. The van der Waals surface area contributed by atoms with Gasteiger partial charge in [0, 0.05) is 10.6 Å². The summed E-state index contributed by atoms with van der Waals surface area (Å²) in [6, 6.07) is 0. The van der Waals surface area contributed by atoms with Crippen molar-refractivity contribution in [2.75, 3.05) is 5.75 Å². The smallest absolute Gasteiger partial charge is 0.304 e. The van der Waals surface area contributed by atoms with Crippen molar-refractivity contribution in [2.45, 2.75) is 30.8 Å². The molecule has 1 aliphatic carbocycles. The first-order valence-corrected chi connectivity index (χ1v) is 7.84. The van der Waals surface area contributed by atoms with Gasteiger partial charge >= 0.3 is 5.97 Å². The molecule has 0 saturated carbocycles. The van der Waals surface area contributed by atoms with E-state index in [-0.39, 0.29) is 12.0 Å². The molecule has 2 aromatic heterocycles. The van der Waals surface area contributed by atoms with Crippen LogP contribution in [0.25, 0.3) is 10.2 Å². The molecule has 100 valence electrons. The number of hydrogen-bond donors (Lipinski definition) is 2. The Morgan fingerprint density at radius 3 is 3.11 bits per heavy atom. The highest BCUT2D eigenvalue weighted by atomic mass is 32.2. The van der Waals surface area contributed by atoms with Crippen molar-refractivity contribution in [2.24, 2.45) is 0 Å². The van der Waals surface area contributed by atoms with Crippen LogP contribution < -0.4 is 5.56 Å². The van der Waals surface area contributed by atoms with Gasteiger partial charge in [0.15, 0.2) is 5.16 Å². The Labute approximate surface area is 117 Å². The first kappa shape index (κ1) is 12.7. The number of thiophene rings is 1. The zero-order chi connectivity index (χ0) is 13.4. The second kappa shape index (κ2) is 4.97. The van der Waals surface area contributed by atoms with E-state index in [0.717, 1.165) is 35.0 Å². The zero-order valence-electron chi connectivity index (χ0n) is 10.1. The van der Waals surface area contributed by atoms with E-state index in [1.165, 1.54) is 16.6 Å². The van der Waals surface area contributed by atoms with Crippen molar-refractivity contribution < 1.29 is 9.90 Å². The first-order valence-electron chi connectivity index (χ1n) is 6.04. The van der Waals surface area contributed by atoms with Crippen LogP contribution in [-0.4, -0.2) is 26.8 Å². The predicted octanol–water partition coefficient (Wildman–Crippen LogP) is 2.04. The van der Waals surface area contributed by atoms with Crippen molar-refractivity contribution in [1.82, 2.24) is 9.97 Å². The molecule has 0 atom stereocenters. The number of aryl methyl sites for hydroxylation is 2. The second-order valence-electron chi connectivity index (χ2n) is 4.40. The van der Waals surface area contributed by atoms with Crippen LogP contribution in [0.5, 0.6) is 0 Å². The van der Waals surface area contributed by atoms with E-state index in [1.807, 2.05) is 0 Å². The Hall–Kier alpha value is -1.34. The number of fused-ring (bicyclic) bond motifs is 3. The molecule has 0 aromatic carbocycles. The topological polar surface area (TPSA) is 83.0 Å². The Bertz CT molecular complexity index is 705. The SMILES string of the molecule is O=C(O)CCSc1nc2sc3c(c2c(=O)[nH]1)CCC3. The highest BCUT2D eigenvalue weighted by Gasteiger charge is 2.21. The van der Waals surface area contributed by atoms with E-state index >= 15 is 0 Å². The van der Waals surface area contributed by atoms with E-state index in [4.69, 9.17) is 5.11 Å². The fourth-order valence-corrected chi connectivity index (χ4v) is 4.40. The van der Waals surface area contributed by atoms with Crippen LogP contribution in [0.15, 0.2) is 9.95 Å². The Morgan fingerprint density at radius 1 is 1.47 bits per heavy atom. The fraction of sp³-hybridized carbons (Fsp3) is 0.417. The van der Waals surface area contributed by atoms with E-state index in [1.54, 1.807) is 11.3 Å². The summed E-state index contributed by atoms with van der Waals surface area (Å²) in [6.45, 7) is 0. The minimum absolute atomic E-state index is 0.0629. The molecule has 2 aromatic rings. The van der Waals surface area contributed by atoms with Gasteiger partial charge in [-0.05, 0) is 24.8 Å². The molecule has 0 bridgehead atoms. The van der Waals surface area contributed by atoms with Gasteiger partial charge in [0.2, 0.25) is 0 Å². The third-order valence-corrected chi connectivity index (χ3v) is 5.17. The lowest BCUT2D eigenvalue weighted by Gasteiger charge is -1.99. The third-order valence-electron chi connectivity index (χ3n) is 3.11. The Balaban J connectivity index is 1.92. The number of carbonyl (C=O) groups is 1. The quantitative estimate of drug-likeness (QED) is 0.666. The minimum Gasteiger partial charge on any atom is -0.481 e. The number of carboxylic acids is 1. The highest BCUT2D eigenvalue weighted by molar-refractivity contribution is 7.99. The molecule has 0 fully saturated rings. The minimum atomic E-state index is -0.842. The van der Waals surface area contributed by atoms with Crippen molar-refractivity contribution in [3.05, 3.63) is 20.8 Å². The van der Waals surface area contributed by atoms with E-state index in [9.17, 15) is 9.59 Å². The monoisotopic (exact) mass is 296 g/mol. The van der Waals surface area contributed by atoms with Gasteiger partial charge in [-0.15, -0.1) is 11.3 Å². The number of aliphatic carboxylic acids is 1. The number of rotatable bonds is 4. The number of hydrogen-bond acceptors (Lipinski definition) is 5. The number of aromatic nitrogens is 2. The lowest BCUT2D eigenvalue weighted by Crippen LogP contribution is -2.09. The summed E-state index contributed by atoms with van der Waals surface area (Å²) in [5.41, 5.74) is 1.07. The Kier molecular flexibility index (Phi) is 3.32. The van der Waals surface area contributed by atoms with Crippen molar-refractivity contribution in [3.8, 4) is 0 Å². The summed E-state index contributed by atoms with van der Waals surface area (Å²) in [5.74, 6) is -0.430. The average Bonchev–Trinajstić information content (AvgIpc) is 2.87. The van der Waals surface area contributed by atoms with Crippen LogP contribution in [0.2, 0.25) is 0 Å². The molecule has 2 N–H and O–H groups in total. The lowest BCUT2D eigenvalue weighted by molar-refractivity contribution is -0.136. The molecule has 0 spiro atoms. The molecule has 1 aliphatic rings. The number of carboxylic acid groups (broad SMARTS) is 1. The molecule has 0 amide bonds. The van der Waals surface area contributed by atoms with Crippen LogP contribution in [0.4, 0.5) is 0 Å². The predicted molar refractivity (Wildman–Crippen MR) is 75.2 cm³/mol. The molecular weight excluding hydrogens is 284 g/mol. The molecule has 7 heteroatoms. The number of H-pyrrole nitrogens is 1. The number of aromatic amines is 1. The second-order valence-corrected chi connectivity index (χ2v) is 6.57. The van der Waals surface area contributed by atoms with Gasteiger partial charge in [0.25, 0.3) is 5.56 Å². The van der Waals surface area contributed by atoms with Gasteiger partial charge in [0.05, 0.1) is 11.8 Å². The average molecular weight is 296 g/mol. The molecule has 0 aliphatic heterocycles. The summed E-state index contributed by atoms with van der Waals surface area (Å²) in [6.07, 6.45) is 3.18. The summed E-state index contributed by atoms with van der Waals surface area (Å²) in [7, 11) is 0. The maximum absolute atomic E-state index is 12.1. The molecule has 5 nitrogen and oxygen atoms in total. The summed E-state index contributed by atoms with van der Waals surface area (Å²) in [4.78, 5) is 31.8. The number of nitrogens with one attached hydrogen (secondary N) is 1. The van der Waals surface area contributed by atoms with Crippen LogP contribution in [0.1, 0.15) is 23.3 Å². The van der Waals surface area contributed by atoms with Gasteiger partial charge in [0.1, 0.15) is 4.83 Å². The molecular formula is C12H12N2O3S2. The molecule has 0 saturated heterocycles. The van der Waals surface area contributed by atoms with Gasteiger partial charge in [-0.3, -0.25) is 9.59 Å². The summed E-state index contributed by atoms with van der Waals surface area (Å²) < 4.78 is 0. The zero-order valence-corrected chi connectivity index (χ0v) is 11.7. The highest BCUT2D eigenvalue weighted by Crippen LogP contribution is 2.35. The summed E-state index contributed by atoms with van der Waals surface area (Å²) >= 11 is 2.87. The number of thioether (sulfide) groups is 1. The van der Waals surface area contributed by atoms with Crippen molar-refractivity contribution in [3.63, 3.8) is 0 Å². The Morgan fingerprint density at radius 2 is 2.32 bits per heavy atom. The van der Waals surface area contributed by atoms with Crippen molar-refractivity contribution >= 4 is 39.3 Å². The molecule has 19 heavy (non-hydrogen) atoms. The third kappa shape index (κ3) is 2.40. The van der Waals surface area contributed by atoms with Gasteiger partial charge in [-0.25, -0.2) is 4.98 Å². The largest absolute Gasteiger partial charge is 0.481 e. The van der Waals surface area contributed by atoms with E-state index in [0.29, 0.717) is 10.9 Å². The van der Waals surface area contributed by atoms with Gasteiger partial charge < -0.3 is 10.1 Å². The van der Waals surface area contributed by atoms with E-state index < -0.39 is 5.97 Å². The maximum atomic E-state index is 12.1. The van der Waals surface area contributed by atoms with Crippen LogP contribution in [0, 0.1) is 0 Å². The van der Waals surface area contributed by atoms with E-state index in [2.05, 4.69) is 9.97 Å². The summed E-state index contributed by atoms with van der Waals surface area (Å²) in [5, 5.41) is 9.84. The molecule has 0 radical (unpaired) electrons. The maximum Gasteiger partial charge on any atom is 0.304 e. The molecule has 0 unspecified atom stereocenters.